The van der Waals surface area contributed by atoms with Gasteiger partial charge in [-0.25, -0.2) is 0 Å². The van der Waals surface area contributed by atoms with E-state index >= 15 is 0 Å². The van der Waals surface area contributed by atoms with E-state index in [1.54, 1.807) is 18.2 Å². The van der Waals surface area contributed by atoms with Crippen LogP contribution in [-0.4, -0.2) is 11.4 Å². The first-order valence-electron chi connectivity index (χ1n) is 6.35. The van der Waals surface area contributed by atoms with Crippen molar-refractivity contribution >= 4 is 23.2 Å². The number of amides is 1. The molecule has 3 nitrogen and oxygen atoms in total. The van der Waals surface area contributed by atoms with Crippen molar-refractivity contribution in [3.8, 4) is 0 Å². The van der Waals surface area contributed by atoms with E-state index in [0.29, 0.717) is 16.3 Å². The number of benzene rings is 1. The molecule has 100 valence electrons. The molecule has 1 rings (SSSR count). The molecule has 0 radical (unpaired) electrons. The van der Waals surface area contributed by atoms with Crippen molar-refractivity contribution in [3.05, 3.63) is 28.8 Å². The number of halogens is 1. The monoisotopic (exact) mass is 268 g/mol. The molecule has 0 heterocycles. The molecule has 0 bridgehead atoms. The van der Waals surface area contributed by atoms with Gasteiger partial charge in [-0.15, -0.1) is 0 Å². The van der Waals surface area contributed by atoms with Crippen molar-refractivity contribution in [2.24, 2.45) is 0 Å². The molecule has 0 aliphatic carbocycles. The first-order chi connectivity index (χ1) is 8.46. The van der Waals surface area contributed by atoms with E-state index in [2.05, 4.69) is 26.1 Å². The third-order valence-corrected chi connectivity index (χ3v) is 3.81. The first kappa shape index (κ1) is 14.8. The number of nitrogens with one attached hydrogen (secondary N) is 1. The summed E-state index contributed by atoms with van der Waals surface area (Å²) >= 11 is 5.91. The molecule has 0 spiro atoms. The van der Waals surface area contributed by atoms with Gasteiger partial charge in [0.05, 0.1) is 0 Å². The molecule has 0 saturated heterocycles. The Morgan fingerprint density at radius 2 is 1.78 bits per heavy atom. The molecule has 0 unspecified atom stereocenters. The summed E-state index contributed by atoms with van der Waals surface area (Å²) in [6.07, 6.45) is 2.71. The maximum Gasteiger partial charge on any atom is 0.251 e. The number of anilines is 1. The minimum absolute atomic E-state index is 0.116. The van der Waals surface area contributed by atoms with Gasteiger partial charge in [0.2, 0.25) is 0 Å². The SMILES string of the molecule is CCC(CC)(CC)NC(=O)c1cc(N)cc(Cl)c1. The van der Waals surface area contributed by atoms with Crippen LogP contribution in [0.15, 0.2) is 18.2 Å². The van der Waals surface area contributed by atoms with Crippen LogP contribution in [0.5, 0.6) is 0 Å². The molecule has 0 aliphatic rings. The highest BCUT2D eigenvalue weighted by molar-refractivity contribution is 6.31. The Balaban J connectivity index is 2.94. The summed E-state index contributed by atoms with van der Waals surface area (Å²) in [5.74, 6) is -0.116. The van der Waals surface area contributed by atoms with Crippen molar-refractivity contribution < 1.29 is 4.79 Å². The van der Waals surface area contributed by atoms with E-state index in [9.17, 15) is 4.79 Å². The molecule has 1 amide bonds. The zero-order valence-electron chi connectivity index (χ0n) is 11.2. The zero-order chi connectivity index (χ0) is 13.8. The van der Waals surface area contributed by atoms with E-state index < -0.39 is 0 Å². The van der Waals surface area contributed by atoms with Crippen molar-refractivity contribution in [1.82, 2.24) is 5.32 Å². The van der Waals surface area contributed by atoms with E-state index in [1.165, 1.54) is 0 Å². The molecule has 0 aromatic heterocycles. The minimum atomic E-state index is -0.145. The van der Waals surface area contributed by atoms with Gasteiger partial charge < -0.3 is 11.1 Å². The van der Waals surface area contributed by atoms with Crippen LogP contribution in [0.4, 0.5) is 5.69 Å². The standard InChI is InChI=1S/C14H21ClN2O/c1-4-14(5-2,6-3)17-13(18)10-7-11(15)9-12(16)8-10/h7-9H,4-6,16H2,1-3H3,(H,17,18). The molecule has 4 heteroatoms. The van der Waals surface area contributed by atoms with Crippen LogP contribution in [0.3, 0.4) is 0 Å². The lowest BCUT2D eigenvalue weighted by Gasteiger charge is -2.31. The second kappa shape index (κ2) is 6.10. The Bertz CT molecular complexity index is 399. The fraction of sp³-hybridized carbons (Fsp3) is 0.500. The van der Waals surface area contributed by atoms with Gasteiger partial charge in [0, 0.05) is 21.8 Å². The lowest BCUT2D eigenvalue weighted by Crippen LogP contribution is -2.47. The van der Waals surface area contributed by atoms with Crippen molar-refractivity contribution in [1.29, 1.82) is 0 Å². The van der Waals surface area contributed by atoms with Gasteiger partial charge in [-0.05, 0) is 37.5 Å². The van der Waals surface area contributed by atoms with Crippen LogP contribution in [0, 0.1) is 0 Å². The second-order valence-corrected chi connectivity index (χ2v) is 5.00. The summed E-state index contributed by atoms with van der Waals surface area (Å²) in [5, 5.41) is 3.58. The van der Waals surface area contributed by atoms with Gasteiger partial charge >= 0.3 is 0 Å². The van der Waals surface area contributed by atoms with Crippen LogP contribution in [0.1, 0.15) is 50.4 Å². The summed E-state index contributed by atoms with van der Waals surface area (Å²) in [6, 6.07) is 4.91. The predicted molar refractivity (Wildman–Crippen MR) is 76.9 cm³/mol. The van der Waals surface area contributed by atoms with Crippen LogP contribution < -0.4 is 11.1 Å². The summed E-state index contributed by atoms with van der Waals surface area (Å²) < 4.78 is 0. The molecular weight excluding hydrogens is 248 g/mol. The fourth-order valence-electron chi connectivity index (χ4n) is 2.07. The van der Waals surface area contributed by atoms with Crippen molar-refractivity contribution in [3.63, 3.8) is 0 Å². The summed E-state index contributed by atoms with van der Waals surface area (Å²) in [5.41, 5.74) is 6.57. The Morgan fingerprint density at radius 3 is 2.22 bits per heavy atom. The lowest BCUT2D eigenvalue weighted by atomic mass is 9.89. The molecule has 18 heavy (non-hydrogen) atoms. The number of nitrogens with two attached hydrogens (primary N) is 1. The molecule has 1 aromatic rings. The van der Waals surface area contributed by atoms with Crippen LogP contribution in [0.25, 0.3) is 0 Å². The number of hydrogen-bond acceptors (Lipinski definition) is 2. The highest BCUT2D eigenvalue weighted by Gasteiger charge is 2.26. The van der Waals surface area contributed by atoms with Crippen LogP contribution >= 0.6 is 11.6 Å². The molecule has 0 aliphatic heterocycles. The number of carbonyl (C=O) groups is 1. The Morgan fingerprint density at radius 1 is 1.22 bits per heavy atom. The van der Waals surface area contributed by atoms with E-state index in [0.717, 1.165) is 19.3 Å². The summed E-state index contributed by atoms with van der Waals surface area (Å²) in [7, 11) is 0. The first-order valence-corrected chi connectivity index (χ1v) is 6.72. The maximum atomic E-state index is 12.2. The second-order valence-electron chi connectivity index (χ2n) is 4.57. The molecule has 0 saturated carbocycles. The molecular formula is C14H21ClN2O. The summed E-state index contributed by atoms with van der Waals surface area (Å²) in [4.78, 5) is 12.2. The van der Waals surface area contributed by atoms with Crippen molar-refractivity contribution in [2.75, 3.05) is 5.73 Å². The van der Waals surface area contributed by atoms with E-state index in [-0.39, 0.29) is 11.4 Å². The van der Waals surface area contributed by atoms with Gasteiger partial charge in [0.25, 0.3) is 5.91 Å². The number of carbonyl (C=O) groups excluding carboxylic acids is 1. The largest absolute Gasteiger partial charge is 0.399 e. The van der Waals surface area contributed by atoms with Gasteiger partial charge in [-0.2, -0.15) is 0 Å². The van der Waals surface area contributed by atoms with E-state index in [1.807, 2.05) is 0 Å². The predicted octanol–water partition coefficient (Wildman–Crippen LogP) is 3.62. The average molecular weight is 269 g/mol. The normalized spacial score (nSPS) is 11.3. The van der Waals surface area contributed by atoms with Crippen LogP contribution in [0.2, 0.25) is 5.02 Å². The highest BCUT2D eigenvalue weighted by atomic mass is 35.5. The van der Waals surface area contributed by atoms with E-state index in [4.69, 9.17) is 17.3 Å². The highest BCUT2D eigenvalue weighted by Crippen LogP contribution is 2.22. The molecule has 0 atom stereocenters. The topological polar surface area (TPSA) is 55.1 Å². The van der Waals surface area contributed by atoms with Crippen molar-refractivity contribution in [2.45, 2.75) is 45.6 Å². The lowest BCUT2D eigenvalue weighted by molar-refractivity contribution is 0.0888. The molecule has 0 fully saturated rings. The number of nitrogen functional groups attached to an aromatic ring is 1. The van der Waals surface area contributed by atoms with Gasteiger partial charge in [-0.3, -0.25) is 4.79 Å². The zero-order valence-corrected chi connectivity index (χ0v) is 12.0. The quantitative estimate of drug-likeness (QED) is 0.802. The number of rotatable bonds is 5. The maximum absolute atomic E-state index is 12.2. The Kier molecular flexibility index (Phi) is 5.03. The average Bonchev–Trinajstić information content (AvgIpc) is 2.35. The third kappa shape index (κ3) is 3.39. The Hall–Kier alpha value is -1.22. The van der Waals surface area contributed by atoms with Crippen LogP contribution in [-0.2, 0) is 0 Å². The number of hydrogen-bond donors (Lipinski definition) is 2. The Labute approximate surface area is 114 Å². The molecule has 1 aromatic carbocycles. The minimum Gasteiger partial charge on any atom is -0.399 e. The molecule has 3 N–H and O–H groups in total. The van der Waals surface area contributed by atoms with Gasteiger partial charge in [0.15, 0.2) is 0 Å². The van der Waals surface area contributed by atoms with Gasteiger partial charge in [-0.1, -0.05) is 32.4 Å². The smallest absolute Gasteiger partial charge is 0.251 e. The summed E-state index contributed by atoms with van der Waals surface area (Å²) in [6.45, 7) is 6.25. The fourth-order valence-corrected chi connectivity index (χ4v) is 2.32. The third-order valence-electron chi connectivity index (χ3n) is 3.59. The van der Waals surface area contributed by atoms with Gasteiger partial charge in [0.1, 0.15) is 0 Å².